The molecule has 0 amide bonds. The van der Waals surface area contributed by atoms with E-state index in [0.717, 1.165) is 29.3 Å². The quantitative estimate of drug-likeness (QED) is 0.937. The van der Waals surface area contributed by atoms with E-state index in [-0.39, 0.29) is 0 Å². The summed E-state index contributed by atoms with van der Waals surface area (Å²) in [7, 11) is 3.23. The van der Waals surface area contributed by atoms with E-state index >= 15 is 0 Å². The van der Waals surface area contributed by atoms with Gasteiger partial charge in [-0.1, -0.05) is 0 Å². The second kappa shape index (κ2) is 4.90. The second-order valence-corrected chi connectivity index (χ2v) is 6.12. The van der Waals surface area contributed by atoms with Crippen LogP contribution in [0.15, 0.2) is 12.1 Å². The van der Waals surface area contributed by atoms with E-state index in [0.29, 0.717) is 23.4 Å². The van der Waals surface area contributed by atoms with Gasteiger partial charge >= 0.3 is 0 Å². The number of anilines is 2. The number of hydrogen-bond donors (Lipinski definition) is 1. The van der Waals surface area contributed by atoms with Crippen LogP contribution in [0.25, 0.3) is 10.9 Å². The molecule has 2 unspecified atom stereocenters. The molecule has 1 saturated heterocycles. The van der Waals surface area contributed by atoms with Gasteiger partial charge in [-0.25, -0.2) is 4.98 Å². The first-order valence-corrected chi connectivity index (χ1v) is 7.65. The van der Waals surface area contributed by atoms with Gasteiger partial charge in [-0.05, 0) is 31.2 Å². The van der Waals surface area contributed by atoms with Gasteiger partial charge in [0.15, 0.2) is 11.5 Å². The Bertz CT molecular complexity index is 734. The van der Waals surface area contributed by atoms with Crippen LogP contribution in [-0.2, 0) is 0 Å². The maximum absolute atomic E-state index is 6.16. The Morgan fingerprint density at radius 1 is 1.14 bits per heavy atom. The summed E-state index contributed by atoms with van der Waals surface area (Å²) in [6.45, 7) is 1.04. The number of methoxy groups -OCH3 is 2. The highest BCUT2D eigenvalue weighted by atomic mass is 16.5. The van der Waals surface area contributed by atoms with Gasteiger partial charge in [-0.3, -0.25) is 0 Å². The number of nitrogens with two attached hydrogens (primary N) is 1. The van der Waals surface area contributed by atoms with Crippen molar-refractivity contribution in [1.82, 2.24) is 9.97 Å². The second-order valence-electron chi connectivity index (χ2n) is 6.12. The number of piperidine rings is 1. The predicted molar refractivity (Wildman–Crippen MR) is 85.5 cm³/mol. The standard InChI is InChI=1S/C16H20N4O2/c1-21-13-6-11-12(7-14(13)22-2)18-16(19-15(11)17)20-8-9-3-4-10(20)5-9/h6-7,9-10H,3-5,8H2,1-2H3,(H2,17,18,19). The van der Waals surface area contributed by atoms with Gasteiger partial charge in [-0.15, -0.1) is 0 Å². The molecule has 1 aliphatic carbocycles. The molecule has 2 atom stereocenters. The molecule has 1 aliphatic heterocycles. The Morgan fingerprint density at radius 3 is 2.55 bits per heavy atom. The van der Waals surface area contributed by atoms with E-state index in [1.165, 1.54) is 19.3 Å². The fourth-order valence-electron chi connectivity index (χ4n) is 3.76. The maximum Gasteiger partial charge on any atom is 0.228 e. The van der Waals surface area contributed by atoms with Crippen molar-refractivity contribution in [2.45, 2.75) is 25.3 Å². The minimum atomic E-state index is 0.490. The minimum absolute atomic E-state index is 0.490. The number of nitrogen functional groups attached to an aromatic ring is 1. The van der Waals surface area contributed by atoms with E-state index in [1.807, 2.05) is 12.1 Å². The molecule has 2 aliphatic rings. The van der Waals surface area contributed by atoms with Gasteiger partial charge in [0.05, 0.1) is 19.7 Å². The van der Waals surface area contributed by atoms with Gasteiger partial charge in [0.1, 0.15) is 5.82 Å². The molecule has 2 aromatic rings. The lowest BCUT2D eigenvalue weighted by Crippen LogP contribution is -2.33. The third kappa shape index (κ3) is 1.94. The topological polar surface area (TPSA) is 73.5 Å². The molecular weight excluding hydrogens is 280 g/mol. The molecule has 4 rings (SSSR count). The van der Waals surface area contributed by atoms with E-state index < -0.39 is 0 Å². The van der Waals surface area contributed by atoms with E-state index in [4.69, 9.17) is 20.2 Å². The Labute approximate surface area is 129 Å². The Morgan fingerprint density at radius 2 is 1.91 bits per heavy atom. The highest BCUT2D eigenvalue weighted by Gasteiger charge is 2.39. The molecule has 1 saturated carbocycles. The Kier molecular flexibility index (Phi) is 2.99. The van der Waals surface area contributed by atoms with Crippen molar-refractivity contribution in [3.05, 3.63) is 12.1 Å². The average molecular weight is 300 g/mol. The van der Waals surface area contributed by atoms with E-state index in [9.17, 15) is 0 Å². The van der Waals surface area contributed by atoms with Crippen LogP contribution in [-0.4, -0.2) is 36.8 Å². The molecule has 1 aromatic carbocycles. The van der Waals surface area contributed by atoms with Gasteiger partial charge in [0, 0.05) is 24.0 Å². The largest absolute Gasteiger partial charge is 0.493 e. The number of fused-ring (bicyclic) bond motifs is 3. The first-order valence-electron chi connectivity index (χ1n) is 7.65. The summed E-state index contributed by atoms with van der Waals surface area (Å²) in [4.78, 5) is 11.6. The highest BCUT2D eigenvalue weighted by Crippen LogP contribution is 2.40. The smallest absolute Gasteiger partial charge is 0.228 e. The summed E-state index contributed by atoms with van der Waals surface area (Å²) < 4.78 is 10.7. The van der Waals surface area contributed by atoms with Crippen molar-refractivity contribution >= 4 is 22.7 Å². The van der Waals surface area contributed by atoms with Crippen molar-refractivity contribution in [2.75, 3.05) is 31.4 Å². The molecule has 2 N–H and O–H groups in total. The third-order valence-corrected chi connectivity index (χ3v) is 4.88. The fraction of sp³-hybridized carbons (Fsp3) is 0.500. The van der Waals surface area contributed by atoms with Crippen molar-refractivity contribution in [1.29, 1.82) is 0 Å². The monoisotopic (exact) mass is 300 g/mol. The van der Waals surface area contributed by atoms with Crippen LogP contribution in [0, 0.1) is 5.92 Å². The molecular formula is C16H20N4O2. The molecule has 6 heteroatoms. The van der Waals surface area contributed by atoms with E-state index in [1.54, 1.807) is 14.2 Å². The molecule has 0 spiro atoms. The number of rotatable bonds is 3. The molecule has 2 heterocycles. The molecule has 1 aromatic heterocycles. The molecule has 2 bridgehead atoms. The zero-order valence-corrected chi connectivity index (χ0v) is 12.9. The molecule has 22 heavy (non-hydrogen) atoms. The fourth-order valence-corrected chi connectivity index (χ4v) is 3.76. The van der Waals surface area contributed by atoms with Crippen LogP contribution in [0.4, 0.5) is 11.8 Å². The minimum Gasteiger partial charge on any atom is -0.493 e. The van der Waals surface area contributed by atoms with Gasteiger partial charge in [0.2, 0.25) is 5.95 Å². The predicted octanol–water partition coefficient (Wildman–Crippen LogP) is 2.22. The third-order valence-electron chi connectivity index (χ3n) is 4.88. The van der Waals surface area contributed by atoms with Crippen molar-refractivity contribution < 1.29 is 9.47 Å². The average Bonchev–Trinajstić information content (AvgIpc) is 3.16. The number of hydrogen-bond acceptors (Lipinski definition) is 6. The van der Waals surface area contributed by atoms with Crippen LogP contribution in [0.5, 0.6) is 11.5 Å². The summed E-state index contributed by atoms with van der Waals surface area (Å²) >= 11 is 0. The number of benzene rings is 1. The number of ether oxygens (including phenoxy) is 2. The molecule has 6 nitrogen and oxygen atoms in total. The van der Waals surface area contributed by atoms with E-state index in [2.05, 4.69) is 9.88 Å². The zero-order chi connectivity index (χ0) is 15.3. The highest BCUT2D eigenvalue weighted by molar-refractivity contribution is 5.91. The van der Waals surface area contributed by atoms with Crippen LogP contribution < -0.4 is 20.1 Å². The summed E-state index contributed by atoms with van der Waals surface area (Å²) in [6.07, 6.45) is 3.82. The summed E-state index contributed by atoms with van der Waals surface area (Å²) in [6, 6.07) is 4.27. The zero-order valence-electron chi connectivity index (χ0n) is 12.9. The normalized spacial score (nSPS) is 23.3. The molecule has 0 radical (unpaired) electrons. The maximum atomic E-state index is 6.16. The lowest BCUT2D eigenvalue weighted by atomic mass is 10.1. The molecule has 116 valence electrons. The lowest BCUT2D eigenvalue weighted by molar-refractivity contribution is 0.356. The van der Waals surface area contributed by atoms with Crippen LogP contribution >= 0.6 is 0 Å². The van der Waals surface area contributed by atoms with Crippen molar-refractivity contribution in [3.8, 4) is 11.5 Å². The molecule has 2 fully saturated rings. The summed E-state index contributed by atoms with van der Waals surface area (Å²) in [5.74, 6) is 3.31. The number of aromatic nitrogens is 2. The Hall–Kier alpha value is -2.24. The van der Waals surface area contributed by atoms with Crippen LogP contribution in [0.2, 0.25) is 0 Å². The van der Waals surface area contributed by atoms with Crippen molar-refractivity contribution in [3.63, 3.8) is 0 Å². The SMILES string of the molecule is COc1cc2nc(N3CC4CCC3C4)nc(N)c2cc1OC. The number of nitrogens with zero attached hydrogens (tertiary/aromatic N) is 3. The lowest BCUT2D eigenvalue weighted by Gasteiger charge is -2.27. The summed E-state index contributed by atoms with van der Waals surface area (Å²) in [5, 5.41) is 0.797. The van der Waals surface area contributed by atoms with Gasteiger partial charge in [0.25, 0.3) is 0 Å². The van der Waals surface area contributed by atoms with Crippen LogP contribution in [0.3, 0.4) is 0 Å². The Balaban J connectivity index is 1.81. The summed E-state index contributed by atoms with van der Waals surface area (Å²) in [5.41, 5.74) is 6.96. The first-order chi connectivity index (χ1) is 10.7. The van der Waals surface area contributed by atoms with Gasteiger partial charge < -0.3 is 20.1 Å². The van der Waals surface area contributed by atoms with Gasteiger partial charge in [-0.2, -0.15) is 4.98 Å². The first kappa shape index (κ1) is 13.4. The van der Waals surface area contributed by atoms with Crippen LogP contribution in [0.1, 0.15) is 19.3 Å². The van der Waals surface area contributed by atoms with Crippen molar-refractivity contribution in [2.24, 2.45) is 5.92 Å².